The summed E-state index contributed by atoms with van der Waals surface area (Å²) in [7, 11) is 0. The molecule has 1 N–H and O–H groups in total. The quantitative estimate of drug-likeness (QED) is 0.315. The SMILES string of the molecule is CC[C@@H](C)n1c(C)nc2cc(C(=O)Nc3ccc(OC(F)(F)Cl)cc3)cc(-c3cccnn3)c21. The largest absolute Gasteiger partial charge is 0.487 e. The predicted octanol–water partition coefficient (Wildman–Crippen LogP) is 6.19. The van der Waals surface area contributed by atoms with Crippen LogP contribution >= 0.6 is 11.6 Å². The molecule has 0 bridgehead atoms. The van der Waals surface area contributed by atoms with Crippen molar-refractivity contribution in [3.05, 3.63) is 66.1 Å². The minimum absolute atomic E-state index is 0.129. The second kappa shape index (κ2) is 9.34. The molecular weight excluding hydrogens is 464 g/mol. The first kappa shape index (κ1) is 23.6. The van der Waals surface area contributed by atoms with Gasteiger partial charge in [0.05, 0.1) is 16.7 Å². The van der Waals surface area contributed by atoms with Crippen molar-refractivity contribution in [1.82, 2.24) is 19.7 Å². The Kier molecular flexibility index (Phi) is 6.47. The van der Waals surface area contributed by atoms with Gasteiger partial charge in [-0.05, 0) is 68.8 Å². The van der Waals surface area contributed by atoms with Crippen molar-refractivity contribution in [1.29, 1.82) is 0 Å². The van der Waals surface area contributed by atoms with Gasteiger partial charge in [0, 0.05) is 40.7 Å². The molecule has 2 heterocycles. The highest BCUT2D eigenvalue weighted by atomic mass is 35.5. The van der Waals surface area contributed by atoms with Crippen LogP contribution in [0.15, 0.2) is 54.7 Å². The number of hydrogen-bond donors (Lipinski definition) is 1. The van der Waals surface area contributed by atoms with Crippen LogP contribution in [0.5, 0.6) is 5.75 Å². The number of aryl methyl sites for hydroxylation is 1. The molecule has 4 rings (SSSR count). The van der Waals surface area contributed by atoms with Crippen molar-refractivity contribution in [2.75, 3.05) is 5.32 Å². The maximum atomic E-state index is 13.1. The molecule has 2 aromatic carbocycles. The molecule has 1 amide bonds. The molecule has 0 spiro atoms. The van der Waals surface area contributed by atoms with Crippen molar-refractivity contribution in [2.24, 2.45) is 0 Å². The molecule has 0 fully saturated rings. The van der Waals surface area contributed by atoms with E-state index in [0.29, 0.717) is 22.5 Å². The number of fused-ring (bicyclic) bond motifs is 1. The summed E-state index contributed by atoms with van der Waals surface area (Å²) in [6.45, 7) is 6.15. The van der Waals surface area contributed by atoms with E-state index in [1.165, 1.54) is 24.3 Å². The van der Waals surface area contributed by atoms with E-state index in [-0.39, 0.29) is 17.7 Å². The van der Waals surface area contributed by atoms with Crippen LogP contribution in [0.4, 0.5) is 14.5 Å². The summed E-state index contributed by atoms with van der Waals surface area (Å²) >= 11 is 4.78. The Morgan fingerprint density at radius 1 is 1.24 bits per heavy atom. The zero-order valence-electron chi connectivity index (χ0n) is 18.7. The third-order valence-corrected chi connectivity index (χ3v) is 5.53. The van der Waals surface area contributed by atoms with Crippen molar-refractivity contribution >= 4 is 34.2 Å². The number of amides is 1. The van der Waals surface area contributed by atoms with Crippen LogP contribution in [-0.2, 0) is 0 Å². The van der Waals surface area contributed by atoms with Crippen molar-refractivity contribution in [2.45, 2.75) is 38.8 Å². The van der Waals surface area contributed by atoms with Crippen molar-refractivity contribution in [3.63, 3.8) is 0 Å². The third kappa shape index (κ3) is 4.99. The van der Waals surface area contributed by atoms with Crippen LogP contribution in [0, 0.1) is 6.92 Å². The van der Waals surface area contributed by atoms with Gasteiger partial charge >= 0.3 is 5.57 Å². The minimum atomic E-state index is -3.81. The fourth-order valence-corrected chi connectivity index (χ4v) is 3.87. The number of halogens is 3. The van der Waals surface area contributed by atoms with Gasteiger partial charge in [-0.25, -0.2) is 4.98 Å². The Balaban J connectivity index is 1.73. The summed E-state index contributed by atoms with van der Waals surface area (Å²) < 4.78 is 32.1. The highest BCUT2D eigenvalue weighted by Crippen LogP contribution is 2.33. The van der Waals surface area contributed by atoms with E-state index in [4.69, 9.17) is 16.6 Å². The average molecular weight is 486 g/mol. The monoisotopic (exact) mass is 485 g/mol. The Bertz CT molecular complexity index is 1320. The number of anilines is 1. The molecule has 0 aliphatic carbocycles. The topological polar surface area (TPSA) is 81.9 Å². The van der Waals surface area contributed by atoms with E-state index in [0.717, 1.165) is 23.3 Å². The number of carbonyl (C=O) groups excluding carboxylic acids is 1. The number of nitrogens with one attached hydrogen (secondary N) is 1. The van der Waals surface area contributed by atoms with Gasteiger partial charge in [0.2, 0.25) is 0 Å². The lowest BCUT2D eigenvalue weighted by Gasteiger charge is -2.17. The van der Waals surface area contributed by atoms with E-state index in [1.807, 2.05) is 13.0 Å². The second-order valence-electron chi connectivity index (χ2n) is 7.81. The average Bonchev–Trinajstić information content (AvgIpc) is 3.14. The molecule has 4 aromatic rings. The highest BCUT2D eigenvalue weighted by molar-refractivity contribution is 6.20. The molecule has 176 valence electrons. The van der Waals surface area contributed by atoms with Gasteiger partial charge < -0.3 is 14.6 Å². The Labute approximate surface area is 199 Å². The molecular formula is C24H22ClF2N5O2. The molecule has 0 saturated carbocycles. The summed E-state index contributed by atoms with van der Waals surface area (Å²) in [4.78, 5) is 17.8. The predicted molar refractivity (Wildman–Crippen MR) is 126 cm³/mol. The first-order valence-corrected chi connectivity index (χ1v) is 11.0. The lowest BCUT2D eigenvalue weighted by molar-refractivity contribution is -0.0964. The number of benzene rings is 2. The molecule has 0 saturated heterocycles. The summed E-state index contributed by atoms with van der Waals surface area (Å²) in [6, 6.07) is 12.8. The van der Waals surface area contributed by atoms with E-state index < -0.39 is 5.57 Å². The molecule has 7 nitrogen and oxygen atoms in total. The van der Waals surface area contributed by atoms with E-state index in [2.05, 4.69) is 38.7 Å². The van der Waals surface area contributed by atoms with Gasteiger partial charge in [0.15, 0.2) is 0 Å². The molecule has 2 aromatic heterocycles. The van der Waals surface area contributed by atoms with Crippen LogP contribution in [-0.4, -0.2) is 31.2 Å². The minimum Gasteiger partial charge on any atom is -0.420 e. The van der Waals surface area contributed by atoms with Crippen LogP contribution in [0.1, 0.15) is 42.5 Å². The van der Waals surface area contributed by atoms with Crippen LogP contribution in [0.3, 0.4) is 0 Å². The van der Waals surface area contributed by atoms with Gasteiger partial charge in [0.1, 0.15) is 11.6 Å². The maximum Gasteiger partial charge on any atom is 0.487 e. The number of rotatable bonds is 7. The number of hydrogen-bond acceptors (Lipinski definition) is 5. The molecule has 0 radical (unpaired) electrons. The number of alkyl halides is 3. The fourth-order valence-electron chi connectivity index (χ4n) is 3.78. The normalized spacial score (nSPS) is 12.5. The van der Waals surface area contributed by atoms with Gasteiger partial charge in [-0.15, -0.1) is 8.78 Å². The first-order chi connectivity index (χ1) is 16.2. The second-order valence-corrected chi connectivity index (χ2v) is 8.25. The zero-order valence-corrected chi connectivity index (χ0v) is 19.5. The molecule has 34 heavy (non-hydrogen) atoms. The number of ether oxygens (including phenoxy) is 1. The summed E-state index contributed by atoms with van der Waals surface area (Å²) in [6.07, 6.45) is 2.49. The van der Waals surface area contributed by atoms with Crippen LogP contribution in [0.2, 0.25) is 0 Å². The Morgan fingerprint density at radius 2 is 1.97 bits per heavy atom. The molecule has 0 unspecified atom stereocenters. The Morgan fingerprint density at radius 3 is 2.59 bits per heavy atom. The summed E-state index contributed by atoms with van der Waals surface area (Å²) in [5, 5.41) is 11.0. The number of imidazole rings is 1. The maximum absolute atomic E-state index is 13.1. The van der Waals surface area contributed by atoms with E-state index in [9.17, 15) is 13.6 Å². The number of nitrogens with zero attached hydrogens (tertiary/aromatic N) is 4. The van der Waals surface area contributed by atoms with Gasteiger partial charge in [-0.1, -0.05) is 6.92 Å². The fraction of sp³-hybridized carbons (Fsp3) is 0.250. The first-order valence-electron chi connectivity index (χ1n) is 10.6. The number of aromatic nitrogens is 4. The third-order valence-electron chi connectivity index (χ3n) is 5.45. The standard InChI is InChI=1S/C24H22ClF2N5O2/c1-4-14(2)32-15(3)29-21-13-16(12-19(22(21)32)20-6-5-11-28-31-20)23(33)30-17-7-9-18(10-8-17)34-24(25,26)27/h5-14H,4H2,1-3H3,(H,30,33)/t14-/m1/s1. The highest BCUT2D eigenvalue weighted by Gasteiger charge is 2.27. The molecule has 0 aliphatic rings. The van der Waals surface area contributed by atoms with Crippen LogP contribution < -0.4 is 10.1 Å². The van der Waals surface area contributed by atoms with Crippen LogP contribution in [0.25, 0.3) is 22.3 Å². The van der Waals surface area contributed by atoms with Gasteiger partial charge in [-0.3, -0.25) is 4.79 Å². The van der Waals surface area contributed by atoms with Gasteiger partial charge in [-0.2, -0.15) is 10.2 Å². The van der Waals surface area contributed by atoms with E-state index >= 15 is 0 Å². The smallest absolute Gasteiger partial charge is 0.420 e. The summed E-state index contributed by atoms with van der Waals surface area (Å²) in [5.41, 5.74) is -0.132. The van der Waals surface area contributed by atoms with Crippen molar-refractivity contribution < 1.29 is 18.3 Å². The molecule has 10 heteroatoms. The summed E-state index contributed by atoms with van der Waals surface area (Å²) in [5.74, 6) is 0.313. The van der Waals surface area contributed by atoms with Gasteiger partial charge in [0.25, 0.3) is 5.91 Å². The zero-order chi connectivity index (χ0) is 24.5. The van der Waals surface area contributed by atoms with Crippen molar-refractivity contribution in [3.8, 4) is 17.0 Å². The molecule has 1 atom stereocenters. The lowest BCUT2D eigenvalue weighted by atomic mass is 10.0. The van der Waals surface area contributed by atoms with E-state index in [1.54, 1.807) is 24.4 Å². The number of carbonyl (C=O) groups is 1. The Hall–Kier alpha value is -3.59. The molecule has 0 aliphatic heterocycles. The lowest BCUT2D eigenvalue weighted by Crippen LogP contribution is -2.16.